The number of hydrogen-bond acceptors (Lipinski definition) is 2. The zero-order valence-corrected chi connectivity index (χ0v) is 13.4. The van der Waals surface area contributed by atoms with Crippen molar-refractivity contribution in [3.63, 3.8) is 0 Å². The summed E-state index contributed by atoms with van der Waals surface area (Å²) in [6.07, 6.45) is 8.50. The Labute approximate surface area is 137 Å². The van der Waals surface area contributed by atoms with Crippen molar-refractivity contribution >= 4 is 11.8 Å². The Balaban J connectivity index is 1.65. The maximum atomic E-state index is 12.4. The van der Waals surface area contributed by atoms with Gasteiger partial charge in [0.05, 0.1) is 6.04 Å². The van der Waals surface area contributed by atoms with Crippen molar-refractivity contribution in [1.29, 1.82) is 0 Å². The van der Waals surface area contributed by atoms with Crippen molar-refractivity contribution in [3.8, 4) is 0 Å². The molecule has 2 aliphatic rings. The van der Waals surface area contributed by atoms with Gasteiger partial charge in [-0.05, 0) is 30.7 Å². The molecule has 4 nitrogen and oxygen atoms in total. The first-order valence-electron chi connectivity index (χ1n) is 8.51. The summed E-state index contributed by atoms with van der Waals surface area (Å²) < 4.78 is 0. The molecule has 0 spiro atoms. The zero-order valence-electron chi connectivity index (χ0n) is 13.4. The van der Waals surface area contributed by atoms with Crippen LogP contribution in [0, 0.1) is 5.92 Å². The second kappa shape index (κ2) is 7.44. The third kappa shape index (κ3) is 4.21. The number of carbonyl (C=O) groups excluding carboxylic acids is 2. The third-order valence-electron chi connectivity index (χ3n) is 4.67. The lowest BCUT2D eigenvalue weighted by atomic mass is 10.0. The molecule has 1 saturated heterocycles. The Morgan fingerprint density at radius 2 is 2.13 bits per heavy atom. The number of benzene rings is 1. The van der Waals surface area contributed by atoms with Crippen molar-refractivity contribution in [1.82, 2.24) is 10.2 Å². The molecule has 1 aromatic carbocycles. The monoisotopic (exact) mass is 312 g/mol. The van der Waals surface area contributed by atoms with E-state index in [4.69, 9.17) is 0 Å². The van der Waals surface area contributed by atoms with Gasteiger partial charge >= 0.3 is 0 Å². The van der Waals surface area contributed by atoms with E-state index < -0.39 is 0 Å². The minimum atomic E-state index is -0.129. The van der Waals surface area contributed by atoms with Gasteiger partial charge in [0, 0.05) is 25.9 Å². The minimum Gasteiger partial charge on any atom is -0.347 e. The highest BCUT2D eigenvalue weighted by Gasteiger charge is 2.25. The average molecular weight is 312 g/mol. The summed E-state index contributed by atoms with van der Waals surface area (Å²) in [5.41, 5.74) is 1.06. The smallest absolute Gasteiger partial charge is 0.222 e. The number of nitrogens with zero attached hydrogens (tertiary/aromatic N) is 1. The van der Waals surface area contributed by atoms with Gasteiger partial charge in [-0.3, -0.25) is 9.59 Å². The molecule has 23 heavy (non-hydrogen) atoms. The minimum absolute atomic E-state index is 0.0713. The van der Waals surface area contributed by atoms with Crippen LogP contribution in [0.1, 0.15) is 43.7 Å². The lowest BCUT2D eigenvalue weighted by molar-refractivity contribution is -0.129. The van der Waals surface area contributed by atoms with E-state index in [-0.39, 0.29) is 17.9 Å². The van der Waals surface area contributed by atoms with Crippen LogP contribution < -0.4 is 5.32 Å². The molecule has 0 radical (unpaired) electrons. The fourth-order valence-electron chi connectivity index (χ4n) is 3.39. The van der Waals surface area contributed by atoms with Crippen LogP contribution in [0.4, 0.5) is 0 Å². The predicted octanol–water partition coefficient (Wildman–Crippen LogP) is 2.82. The Morgan fingerprint density at radius 1 is 1.30 bits per heavy atom. The van der Waals surface area contributed by atoms with E-state index in [0.29, 0.717) is 25.3 Å². The Bertz CT molecular complexity index is 582. The fraction of sp³-hybridized carbons (Fsp3) is 0.474. The van der Waals surface area contributed by atoms with Gasteiger partial charge < -0.3 is 10.2 Å². The predicted molar refractivity (Wildman–Crippen MR) is 89.6 cm³/mol. The van der Waals surface area contributed by atoms with Crippen LogP contribution in [0.25, 0.3) is 0 Å². The van der Waals surface area contributed by atoms with Gasteiger partial charge in [0.1, 0.15) is 0 Å². The number of carbonyl (C=O) groups is 2. The normalized spacial score (nSPS) is 21.7. The molecule has 1 fully saturated rings. The van der Waals surface area contributed by atoms with E-state index >= 15 is 0 Å². The van der Waals surface area contributed by atoms with Gasteiger partial charge in [-0.1, -0.05) is 42.5 Å². The van der Waals surface area contributed by atoms with Crippen LogP contribution in [0.15, 0.2) is 42.5 Å². The first-order valence-corrected chi connectivity index (χ1v) is 8.51. The molecule has 2 amide bonds. The van der Waals surface area contributed by atoms with Crippen LogP contribution in [0.2, 0.25) is 0 Å². The van der Waals surface area contributed by atoms with Crippen molar-refractivity contribution in [2.75, 3.05) is 13.1 Å². The fourth-order valence-corrected chi connectivity index (χ4v) is 3.39. The van der Waals surface area contributed by atoms with Gasteiger partial charge in [0.15, 0.2) is 0 Å². The number of rotatable bonds is 6. The van der Waals surface area contributed by atoms with Crippen LogP contribution in [0.3, 0.4) is 0 Å². The topological polar surface area (TPSA) is 49.4 Å². The summed E-state index contributed by atoms with van der Waals surface area (Å²) in [6.45, 7) is 1.36. The maximum Gasteiger partial charge on any atom is 0.222 e. The maximum absolute atomic E-state index is 12.4. The first kappa shape index (κ1) is 15.8. The number of amides is 2. The first-order chi connectivity index (χ1) is 11.2. The van der Waals surface area contributed by atoms with E-state index in [9.17, 15) is 9.59 Å². The average Bonchev–Trinajstić information content (AvgIpc) is 3.20. The van der Waals surface area contributed by atoms with Crippen LogP contribution in [-0.2, 0) is 9.59 Å². The van der Waals surface area contributed by atoms with Crippen LogP contribution in [0.5, 0.6) is 0 Å². The molecule has 1 N–H and O–H groups in total. The van der Waals surface area contributed by atoms with Gasteiger partial charge in [0.25, 0.3) is 0 Å². The number of likely N-dealkylation sites (tertiary alicyclic amines) is 1. The molecular formula is C19H24N2O2. The summed E-state index contributed by atoms with van der Waals surface area (Å²) in [7, 11) is 0. The Hall–Kier alpha value is -2.10. The lowest BCUT2D eigenvalue weighted by Crippen LogP contribution is -2.39. The van der Waals surface area contributed by atoms with Crippen molar-refractivity contribution in [2.45, 2.75) is 38.1 Å². The van der Waals surface area contributed by atoms with Gasteiger partial charge in [-0.15, -0.1) is 0 Å². The van der Waals surface area contributed by atoms with Crippen LogP contribution >= 0.6 is 0 Å². The molecule has 1 heterocycles. The molecule has 0 bridgehead atoms. The van der Waals surface area contributed by atoms with Crippen LogP contribution in [-0.4, -0.2) is 29.8 Å². The van der Waals surface area contributed by atoms with Gasteiger partial charge in [0.2, 0.25) is 11.8 Å². The second-order valence-corrected chi connectivity index (χ2v) is 6.44. The quantitative estimate of drug-likeness (QED) is 0.821. The molecule has 0 unspecified atom stereocenters. The zero-order chi connectivity index (χ0) is 16.1. The summed E-state index contributed by atoms with van der Waals surface area (Å²) in [4.78, 5) is 26.2. The molecular weight excluding hydrogens is 288 g/mol. The Kier molecular flexibility index (Phi) is 5.11. The summed E-state index contributed by atoms with van der Waals surface area (Å²) in [5, 5.41) is 3.14. The second-order valence-electron chi connectivity index (χ2n) is 6.44. The van der Waals surface area contributed by atoms with Crippen molar-refractivity contribution in [3.05, 3.63) is 48.0 Å². The van der Waals surface area contributed by atoms with Gasteiger partial charge in [-0.2, -0.15) is 0 Å². The summed E-state index contributed by atoms with van der Waals surface area (Å²) in [6, 6.07) is 9.81. The summed E-state index contributed by atoms with van der Waals surface area (Å²) >= 11 is 0. The van der Waals surface area contributed by atoms with E-state index in [1.54, 1.807) is 0 Å². The SMILES string of the molecule is O=C(C[C@H]1C=CCC1)N[C@@H](CN1CCCC1=O)c1ccccc1. The molecule has 1 aliphatic heterocycles. The standard InChI is InChI=1S/C19H24N2O2/c22-18(13-15-7-4-5-8-15)20-17(16-9-2-1-3-10-16)14-21-12-6-11-19(21)23/h1-4,7,9-10,15,17H,5-6,8,11-14H2,(H,20,22)/t15-,17-/m0/s1. The highest BCUT2D eigenvalue weighted by Crippen LogP contribution is 2.22. The largest absolute Gasteiger partial charge is 0.347 e. The van der Waals surface area contributed by atoms with E-state index in [1.165, 1.54) is 0 Å². The summed E-state index contributed by atoms with van der Waals surface area (Å²) in [5.74, 6) is 0.626. The number of allylic oxidation sites excluding steroid dienone is 2. The molecule has 122 valence electrons. The molecule has 0 saturated carbocycles. The molecule has 1 aliphatic carbocycles. The molecule has 1 aromatic rings. The Morgan fingerprint density at radius 3 is 2.78 bits per heavy atom. The van der Waals surface area contributed by atoms with E-state index in [2.05, 4.69) is 17.5 Å². The molecule has 0 aromatic heterocycles. The molecule has 3 rings (SSSR count). The van der Waals surface area contributed by atoms with E-state index in [1.807, 2.05) is 35.2 Å². The highest BCUT2D eigenvalue weighted by atomic mass is 16.2. The van der Waals surface area contributed by atoms with Crippen molar-refractivity contribution < 1.29 is 9.59 Å². The van der Waals surface area contributed by atoms with E-state index in [0.717, 1.165) is 31.4 Å². The number of nitrogens with one attached hydrogen (secondary N) is 1. The van der Waals surface area contributed by atoms with Crippen molar-refractivity contribution in [2.24, 2.45) is 5.92 Å². The lowest BCUT2D eigenvalue weighted by Gasteiger charge is -2.25. The third-order valence-corrected chi connectivity index (χ3v) is 4.67. The van der Waals surface area contributed by atoms with Gasteiger partial charge in [-0.25, -0.2) is 0 Å². The molecule has 4 heteroatoms. The number of hydrogen-bond donors (Lipinski definition) is 1. The molecule has 2 atom stereocenters. The highest BCUT2D eigenvalue weighted by molar-refractivity contribution is 5.79.